The molecule has 0 saturated carbocycles. The third-order valence-corrected chi connectivity index (χ3v) is 3.93. The molecule has 1 aliphatic carbocycles. The van der Waals surface area contributed by atoms with Crippen molar-refractivity contribution in [3.05, 3.63) is 42.2 Å². The predicted molar refractivity (Wildman–Crippen MR) is 82.7 cm³/mol. The number of nitrogens with two attached hydrogens (primary N) is 1. The van der Waals surface area contributed by atoms with E-state index in [0.717, 1.165) is 23.4 Å². The number of benzene rings is 1. The van der Waals surface area contributed by atoms with E-state index < -0.39 is 0 Å². The Bertz CT molecular complexity index is 689. The number of fused-ring (bicyclic) bond motifs is 1. The highest BCUT2D eigenvalue weighted by Crippen LogP contribution is 2.17. The van der Waals surface area contributed by atoms with Gasteiger partial charge in [-0.3, -0.25) is 4.79 Å². The first-order valence-corrected chi connectivity index (χ1v) is 7.28. The van der Waals surface area contributed by atoms with Crippen LogP contribution in [0.4, 0.5) is 0 Å². The van der Waals surface area contributed by atoms with Crippen LogP contribution in [0.1, 0.15) is 12.2 Å². The van der Waals surface area contributed by atoms with Crippen molar-refractivity contribution in [2.24, 2.45) is 11.7 Å². The van der Waals surface area contributed by atoms with Crippen LogP contribution in [0.25, 0.3) is 11.0 Å². The molecule has 110 valence electrons. The molecule has 1 aliphatic rings. The summed E-state index contributed by atoms with van der Waals surface area (Å²) in [5.74, 6) is 0.940. The standard InChI is InChI=1S/C16H20N4O/c1-11-19-14-4-2-3-5-15(14)20(11)9-8-18-16(21)12-6-7-13(17)10-12/h2-7,12-13H,8-10,17H2,1H3,(H,18,21). The number of carbonyl (C=O) groups is 1. The number of nitrogens with one attached hydrogen (secondary N) is 1. The molecule has 0 spiro atoms. The first-order chi connectivity index (χ1) is 10.1. The zero-order valence-corrected chi connectivity index (χ0v) is 12.1. The Balaban J connectivity index is 1.61. The molecule has 1 amide bonds. The van der Waals surface area contributed by atoms with E-state index in [2.05, 4.69) is 20.9 Å². The van der Waals surface area contributed by atoms with Gasteiger partial charge in [0.15, 0.2) is 0 Å². The molecule has 2 aromatic rings. The summed E-state index contributed by atoms with van der Waals surface area (Å²) in [6, 6.07) is 8.05. The van der Waals surface area contributed by atoms with Gasteiger partial charge in [0, 0.05) is 19.1 Å². The van der Waals surface area contributed by atoms with E-state index in [-0.39, 0.29) is 17.9 Å². The van der Waals surface area contributed by atoms with Gasteiger partial charge in [-0.1, -0.05) is 24.3 Å². The van der Waals surface area contributed by atoms with E-state index in [1.165, 1.54) is 0 Å². The summed E-state index contributed by atoms with van der Waals surface area (Å²) < 4.78 is 2.13. The van der Waals surface area contributed by atoms with Crippen molar-refractivity contribution in [1.29, 1.82) is 0 Å². The maximum atomic E-state index is 12.0. The Hall–Kier alpha value is -2.14. The lowest BCUT2D eigenvalue weighted by atomic mass is 10.1. The maximum absolute atomic E-state index is 12.0. The highest BCUT2D eigenvalue weighted by molar-refractivity contribution is 5.81. The van der Waals surface area contributed by atoms with Crippen molar-refractivity contribution in [3.8, 4) is 0 Å². The Morgan fingerprint density at radius 3 is 3.00 bits per heavy atom. The Morgan fingerprint density at radius 2 is 2.24 bits per heavy atom. The molecule has 1 aromatic carbocycles. The molecule has 0 radical (unpaired) electrons. The zero-order valence-electron chi connectivity index (χ0n) is 12.1. The highest BCUT2D eigenvalue weighted by Gasteiger charge is 2.22. The van der Waals surface area contributed by atoms with E-state index in [9.17, 15) is 4.79 Å². The molecule has 0 aliphatic heterocycles. The number of aryl methyl sites for hydroxylation is 1. The fourth-order valence-electron chi connectivity index (χ4n) is 2.82. The lowest BCUT2D eigenvalue weighted by molar-refractivity contribution is -0.123. The summed E-state index contributed by atoms with van der Waals surface area (Å²) in [5, 5.41) is 2.98. The number of para-hydroxylation sites is 2. The minimum Gasteiger partial charge on any atom is -0.354 e. The van der Waals surface area contributed by atoms with Gasteiger partial charge in [-0.25, -0.2) is 4.98 Å². The number of nitrogens with zero attached hydrogens (tertiary/aromatic N) is 2. The molecule has 21 heavy (non-hydrogen) atoms. The molecule has 3 N–H and O–H groups in total. The molecule has 2 unspecified atom stereocenters. The van der Waals surface area contributed by atoms with Gasteiger partial charge >= 0.3 is 0 Å². The summed E-state index contributed by atoms with van der Waals surface area (Å²) in [4.78, 5) is 16.5. The van der Waals surface area contributed by atoms with Gasteiger partial charge in [0.1, 0.15) is 5.82 Å². The summed E-state index contributed by atoms with van der Waals surface area (Å²) >= 11 is 0. The third kappa shape index (κ3) is 2.83. The molecule has 0 bridgehead atoms. The maximum Gasteiger partial charge on any atom is 0.227 e. The Labute approximate surface area is 123 Å². The molecule has 0 fully saturated rings. The van der Waals surface area contributed by atoms with Crippen molar-refractivity contribution in [1.82, 2.24) is 14.9 Å². The topological polar surface area (TPSA) is 72.9 Å². The van der Waals surface area contributed by atoms with Crippen LogP contribution in [0.5, 0.6) is 0 Å². The smallest absolute Gasteiger partial charge is 0.227 e. The SMILES string of the molecule is Cc1nc2ccccc2n1CCNC(=O)C1C=CC(N)C1. The van der Waals surface area contributed by atoms with Crippen LogP contribution >= 0.6 is 0 Å². The molecule has 1 heterocycles. The zero-order chi connectivity index (χ0) is 14.8. The number of amides is 1. The predicted octanol–water partition coefficient (Wildman–Crippen LogP) is 1.36. The summed E-state index contributed by atoms with van der Waals surface area (Å²) in [6.45, 7) is 3.31. The van der Waals surface area contributed by atoms with Gasteiger partial charge in [0.2, 0.25) is 5.91 Å². The number of hydrogen-bond donors (Lipinski definition) is 2. The number of imidazole rings is 1. The molecule has 5 nitrogen and oxygen atoms in total. The van der Waals surface area contributed by atoms with E-state index in [1.807, 2.05) is 37.3 Å². The molecular weight excluding hydrogens is 264 g/mol. The molecular formula is C16H20N4O. The largest absolute Gasteiger partial charge is 0.354 e. The van der Waals surface area contributed by atoms with Crippen LogP contribution in [-0.2, 0) is 11.3 Å². The average molecular weight is 284 g/mol. The van der Waals surface area contributed by atoms with E-state index in [4.69, 9.17) is 5.73 Å². The van der Waals surface area contributed by atoms with Crippen LogP contribution in [0, 0.1) is 12.8 Å². The minimum atomic E-state index is -0.0828. The number of aromatic nitrogens is 2. The van der Waals surface area contributed by atoms with Crippen LogP contribution in [0.3, 0.4) is 0 Å². The van der Waals surface area contributed by atoms with Gasteiger partial charge in [-0.15, -0.1) is 0 Å². The minimum absolute atomic E-state index is 0.0144. The van der Waals surface area contributed by atoms with Gasteiger partial charge < -0.3 is 15.6 Å². The second-order valence-corrected chi connectivity index (χ2v) is 5.48. The second kappa shape index (κ2) is 5.69. The summed E-state index contributed by atoms with van der Waals surface area (Å²) in [5.41, 5.74) is 7.87. The fourth-order valence-corrected chi connectivity index (χ4v) is 2.82. The van der Waals surface area contributed by atoms with Gasteiger partial charge in [-0.2, -0.15) is 0 Å². The van der Waals surface area contributed by atoms with Crippen LogP contribution in [-0.4, -0.2) is 28.0 Å². The molecule has 2 atom stereocenters. The first kappa shape index (κ1) is 13.8. The number of carbonyl (C=O) groups excluding carboxylic acids is 1. The number of hydrogen-bond acceptors (Lipinski definition) is 3. The average Bonchev–Trinajstić information content (AvgIpc) is 3.03. The van der Waals surface area contributed by atoms with Gasteiger partial charge in [0.25, 0.3) is 0 Å². The summed E-state index contributed by atoms with van der Waals surface area (Å²) in [7, 11) is 0. The van der Waals surface area contributed by atoms with Crippen molar-refractivity contribution in [2.75, 3.05) is 6.54 Å². The quantitative estimate of drug-likeness (QED) is 0.833. The third-order valence-electron chi connectivity index (χ3n) is 3.93. The molecule has 3 rings (SSSR count). The Kier molecular flexibility index (Phi) is 3.75. The second-order valence-electron chi connectivity index (χ2n) is 5.48. The monoisotopic (exact) mass is 284 g/mol. The van der Waals surface area contributed by atoms with Crippen LogP contribution in [0.15, 0.2) is 36.4 Å². The van der Waals surface area contributed by atoms with E-state index >= 15 is 0 Å². The van der Waals surface area contributed by atoms with Crippen molar-refractivity contribution in [2.45, 2.75) is 25.9 Å². The van der Waals surface area contributed by atoms with Crippen LogP contribution < -0.4 is 11.1 Å². The molecule has 0 saturated heterocycles. The van der Waals surface area contributed by atoms with E-state index in [1.54, 1.807) is 0 Å². The van der Waals surface area contributed by atoms with Crippen LogP contribution in [0.2, 0.25) is 0 Å². The lowest BCUT2D eigenvalue weighted by Gasteiger charge is -2.12. The van der Waals surface area contributed by atoms with Crippen molar-refractivity contribution >= 4 is 16.9 Å². The van der Waals surface area contributed by atoms with Crippen molar-refractivity contribution in [3.63, 3.8) is 0 Å². The van der Waals surface area contributed by atoms with E-state index in [0.29, 0.717) is 13.0 Å². The van der Waals surface area contributed by atoms with Crippen molar-refractivity contribution < 1.29 is 4.79 Å². The number of rotatable bonds is 4. The molecule has 5 heteroatoms. The highest BCUT2D eigenvalue weighted by atomic mass is 16.1. The molecule has 1 aromatic heterocycles. The summed E-state index contributed by atoms with van der Waals surface area (Å²) in [6.07, 6.45) is 4.51. The van der Waals surface area contributed by atoms with Gasteiger partial charge in [-0.05, 0) is 25.5 Å². The fraction of sp³-hybridized carbons (Fsp3) is 0.375. The Morgan fingerprint density at radius 1 is 1.43 bits per heavy atom. The first-order valence-electron chi connectivity index (χ1n) is 7.28. The van der Waals surface area contributed by atoms with Gasteiger partial charge in [0.05, 0.1) is 17.0 Å². The normalized spacial score (nSPS) is 21.0. The lowest BCUT2D eigenvalue weighted by Crippen LogP contribution is -2.33.